The van der Waals surface area contributed by atoms with Crippen LogP contribution in [0.4, 0.5) is 0 Å². The molecule has 4 nitrogen and oxygen atoms in total. The quantitative estimate of drug-likeness (QED) is 0.702. The monoisotopic (exact) mass is 342 g/mol. The number of carbonyl (C=O) groups excluding carboxylic acids is 1. The zero-order valence-corrected chi connectivity index (χ0v) is 12.5. The predicted molar refractivity (Wildman–Crippen MR) is 83.8 cm³/mol. The van der Waals surface area contributed by atoms with Crippen molar-refractivity contribution in [3.05, 3.63) is 68.0 Å². The van der Waals surface area contributed by atoms with Gasteiger partial charge >= 0.3 is 5.69 Å². The van der Waals surface area contributed by atoms with Gasteiger partial charge in [0, 0.05) is 10.0 Å². The van der Waals surface area contributed by atoms with E-state index in [1.54, 1.807) is 12.1 Å². The number of carbonyl (C=O) groups is 1. The molecule has 0 saturated heterocycles. The molecular formula is C16H11BrN2O2. The summed E-state index contributed by atoms with van der Waals surface area (Å²) >= 11 is 3.43. The van der Waals surface area contributed by atoms with Crippen LogP contribution < -0.4 is 5.69 Å². The fourth-order valence-electron chi connectivity index (χ4n) is 2.93. The number of Topliss-reactive ketones (excluding diaryl/α,β-unsaturated/α-hetero) is 1. The van der Waals surface area contributed by atoms with E-state index in [1.807, 2.05) is 18.2 Å². The van der Waals surface area contributed by atoms with Crippen LogP contribution in [0.3, 0.4) is 0 Å². The van der Waals surface area contributed by atoms with Crippen LogP contribution in [0.25, 0.3) is 11.0 Å². The molecule has 4 rings (SSSR count). The molecule has 0 bridgehead atoms. The lowest BCUT2D eigenvalue weighted by Crippen LogP contribution is -2.25. The third kappa shape index (κ3) is 1.88. The fraction of sp³-hybridized carbons (Fsp3) is 0.125. The highest BCUT2D eigenvalue weighted by atomic mass is 79.9. The third-order valence-corrected chi connectivity index (χ3v) is 4.70. The number of hydrogen-bond acceptors (Lipinski definition) is 2. The summed E-state index contributed by atoms with van der Waals surface area (Å²) in [6, 6.07) is 11.5. The minimum Gasteiger partial charge on any atom is -0.306 e. The molecule has 1 aliphatic carbocycles. The van der Waals surface area contributed by atoms with Gasteiger partial charge in [0.15, 0.2) is 5.78 Å². The number of halogens is 1. The second kappa shape index (κ2) is 4.43. The second-order valence-electron chi connectivity index (χ2n) is 5.28. The molecule has 1 aliphatic rings. The first-order valence-corrected chi connectivity index (χ1v) is 7.46. The fourth-order valence-corrected chi connectivity index (χ4v) is 3.46. The highest BCUT2D eigenvalue weighted by Crippen LogP contribution is 2.38. The lowest BCUT2D eigenvalue weighted by Gasteiger charge is -2.29. The first-order chi connectivity index (χ1) is 10.1. The maximum atomic E-state index is 12.7. The molecule has 1 aromatic heterocycles. The minimum atomic E-state index is -0.268. The molecule has 0 aliphatic heterocycles. The van der Waals surface area contributed by atoms with Crippen molar-refractivity contribution in [2.24, 2.45) is 0 Å². The number of aromatic amines is 2. The van der Waals surface area contributed by atoms with Crippen LogP contribution in [0.2, 0.25) is 0 Å². The van der Waals surface area contributed by atoms with Gasteiger partial charge in [-0.15, -0.1) is 0 Å². The summed E-state index contributed by atoms with van der Waals surface area (Å²) < 4.78 is 0.708. The van der Waals surface area contributed by atoms with Crippen molar-refractivity contribution >= 4 is 32.7 Å². The van der Waals surface area contributed by atoms with E-state index < -0.39 is 0 Å². The van der Waals surface area contributed by atoms with Gasteiger partial charge in [-0.3, -0.25) is 4.79 Å². The van der Waals surface area contributed by atoms with Gasteiger partial charge in [-0.1, -0.05) is 24.3 Å². The Kier molecular flexibility index (Phi) is 2.65. The number of H-pyrrole nitrogens is 2. The van der Waals surface area contributed by atoms with Gasteiger partial charge in [0.2, 0.25) is 0 Å². The van der Waals surface area contributed by atoms with E-state index in [9.17, 15) is 9.59 Å². The number of ketones is 1. The number of hydrogen-bond donors (Lipinski definition) is 2. The van der Waals surface area contributed by atoms with E-state index in [-0.39, 0.29) is 17.4 Å². The zero-order valence-electron chi connectivity index (χ0n) is 10.9. The smallest absolute Gasteiger partial charge is 0.306 e. The third-order valence-electron chi connectivity index (χ3n) is 4.04. The van der Waals surface area contributed by atoms with Crippen molar-refractivity contribution in [3.63, 3.8) is 0 Å². The van der Waals surface area contributed by atoms with Gasteiger partial charge in [-0.25, -0.2) is 4.79 Å². The standard InChI is InChI=1S/C16H11BrN2O2/c17-12-7-14-13(18-16(21)19-14)6-11(12)15(20)10-5-8-3-1-2-4-9(8)10/h1-4,6-7,10H,5H2,(H2,18,19,21). The molecule has 5 heteroatoms. The van der Waals surface area contributed by atoms with Crippen LogP contribution in [0.1, 0.15) is 27.4 Å². The molecule has 2 aromatic carbocycles. The molecule has 1 atom stereocenters. The lowest BCUT2D eigenvalue weighted by molar-refractivity contribution is 0.0948. The van der Waals surface area contributed by atoms with Gasteiger partial charge < -0.3 is 9.97 Å². The second-order valence-corrected chi connectivity index (χ2v) is 6.13. The highest BCUT2D eigenvalue weighted by molar-refractivity contribution is 9.10. The Bertz CT molecular complexity index is 939. The highest BCUT2D eigenvalue weighted by Gasteiger charge is 2.33. The Morgan fingerprint density at radius 3 is 2.62 bits per heavy atom. The Balaban J connectivity index is 1.78. The summed E-state index contributed by atoms with van der Waals surface area (Å²) in [4.78, 5) is 29.4. The van der Waals surface area contributed by atoms with E-state index in [0.717, 1.165) is 12.0 Å². The maximum Gasteiger partial charge on any atom is 0.323 e. The Morgan fingerprint density at radius 1 is 1.14 bits per heavy atom. The topological polar surface area (TPSA) is 65.7 Å². The Labute approximate surface area is 128 Å². The Hall–Kier alpha value is -2.14. The molecule has 21 heavy (non-hydrogen) atoms. The molecule has 1 unspecified atom stereocenters. The number of rotatable bonds is 2. The number of nitrogens with one attached hydrogen (secondary N) is 2. The van der Waals surface area contributed by atoms with Gasteiger partial charge in [-0.05, 0) is 45.6 Å². The number of fused-ring (bicyclic) bond motifs is 2. The average Bonchev–Trinajstić information content (AvgIpc) is 2.78. The molecule has 104 valence electrons. The molecule has 0 spiro atoms. The maximum absolute atomic E-state index is 12.7. The predicted octanol–water partition coefficient (Wildman–Crippen LogP) is 3.14. The van der Waals surface area contributed by atoms with Crippen LogP contribution in [0.5, 0.6) is 0 Å². The van der Waals surface area contributed by atoms with Crippen LogP contribution in [-0.4, -0.2) is 15.8 Å². The average molecular weight is 343 g/mol. The molecule has 2 N–H and O–H groups in total. The van der Waals surface area contributed by atoms with Crippen molar-refractivity contribution in [2.75, 3.05) is 0 Å². The zero-order chi connectivity index (χ0) is 14.6. The summed E-state index contributed by atoms with van der Waals surface area (Å²) in [6.07, 6.45) is 0.781. The van der Waals surface area contributed by atoms with Gasteiger partial charge in [0.25, 0.3) is 0 Å². The van der Waals surface area contributed by atoms with Crippen LogP contribution in [-0.2, 0) is 6.42 Å². The number of benzene rings is 2. The molecule has 0 saturated carbocycles. The Morgan fingerprint density at radius 2 is 1.86 bits per heavy atom. The van der Waals surface area contributed by atoms with E-state index in [1.165, 1.54) is 5.56 Å². The van der Waals surface area contributed by atoms with E-state index in [4.69, 9.17) is 0 Å². The summed E-state index contributed by atoms with van der Waals surface area (Å²) in [6.45, 7) is 0. The molecular weight excluding hydrogens is 332 g/mol. The first-order valence-electron chi connectivity index (χ1n) is 6.67. The van der Waals surface area contributed by atoms with E-state index in [2.05, 4.69) is 32.0 Å². The first kappa shape index (κ1) is 12.6. The van der Waals surface area contributed by atoms with Crippen LogP contribution in [0, 0.1) is 0 Å². The number of imidazole rings is 1. The van der Waals surface area contributed by atoms with Crippen molar-refractivity contribution in [2.45, 2.75) is 12.3 Å². The van der Waals surface area contributed by atoms with Crippen LogP contribution in [0.15, 0.2) is 45.7 Å². The minimum absolute atomic E-state index is 0.0828. The molecule has 3 aromatic rings. The lowest BCUT2D eigenvalue weighted by atomic mass is 9.74. The summed E-state index contributed by atoms with van der Waals surface area (Å²) in [7, 11) is 0. The molecule has 0 amide bonds. The van der Waals surface area contributed by atoms with Gasteiger partial charge in [0.05, 0.1) is 17.0 Å². The molecule has 0 radical (unpaired) electrons. The van der Waals surface area contributed by atoms with Gasteiger partial charge in [-0.2, -0.15) is 0 Å². The van der Waals surface area contributed by atoms with E-state index >= 15 is 0 Å². The summed E-state index contributed by atoms with van der Waals surface area (Å²) in [5, 5.41) is 0. The van der Waals surface area contributed by atoms with Gasteiger partial charge in [0.1, 0.15) is 0 Å². The number of aromatic nitrogens is 2. The van der Waals surface area contributed by atoms with Crippen molar-refractivity contribution < 1.29 is 4.79 Å². The van der Waals surface area contributed by atoms with Crippen molar-refractivity contribution in [1.82, 2.24) is 9.97 Å². The van der Waals surface area contributed by atoms with Crippen molar-refractivity contribution in [3.8, 4) is 0 Å². The van der Waals surface area contributed by atoms with Crippen molar-refractivity contribution in [1.29, 1.82) is 0 Å². The SMILES string of the molecule is O=C(c1cc2[nH]c(=O)[nH]c2cc1Br)C1Cc2ccccc21. The summed E-state index contributed by atoms with van der Waals surface area (Å²) in [5.41, 5.74) is 4.03. The largest absolute Gasteiger partial charge is 0.323 e. The molecule has 1 heterocycles. The van der Waals surface area contributed by atoms with Crippen LogP contribution >= 0.6 is 15.9 Å². The van der Waals surface area contributed by atoms with E-state index in [0.29, 0.717) is 21.1 Å². The summed E-state index contributed by atoms with van der Waals surface area (Å²) in [5.74, 6) is 0.00476. The normalized spacial score (nSPS) is 16.5. The molecule has 0 fully saturated rings.